The fourth-order valence-electron chi connectivity index (χ4n) is 4.65. The lowest BCUT2D eigenvalue weighted by Crippen LogP contribution is -2.57. The Labute approximate surface area is 182 Å². The van der Waals surface area contributed by atoms with Crippen molar-refractivity contribution in [2.75, 3.05) is 11.9 Å². The van der Waals surface area contributed by atoms with Crippen LogP contribution in [0.4, 0.5) is 19.0 Å². The number of carbonyl (C=O) groups is 2. The van der Waals surface area contributed by atoms with E-state index in [9.17, 15) is 22.8 Å². The molecule has 0 bridgehead atoms. The van der Waals surface area contributed by atoms with Crippen LogP contribution in [0, 0.1) is 0 Å². The molecule has 32 heavy (non-hydrogen) atoms. The van der Waals surface area contributed by atoms with Gasteiger partial charge >= 0.3 is 6.18 Å². The average molecular weight is 450 g/mol. The molecule has 11 heteroatoms. The molecule has 0 spiro atoms. The Hall–Kier alpha value is -2.95. The van der Waals surface area contributed by atoms with E-state index in [0.29, 0.717) is 31.3 Å². The zero-order valence-corrected chi connectivity index (χ0v) is 17.5. The van der Waals surface area contributed by atoms with Crippen molar-refractivity contribution in [1.29, 1.82) is 0 Å². The summed E-state index contributed by atoms with van der Waals surface area (Å²) in [4.78, 5) is 34.7. The van der Waals surface area contributed by atoms with E-state index < -0.39 is 17.8 Å². The lowest BCUT2D eigenvalue weighted by molar-refractivity contribution is -0.137. The minimum absolute atomic E-state index is 0.0371. The Morgan fingerprint density at radius 1 is 1.22 bits per heavy atom. The third kappa shape index (κ3) is 4.47. The first kappa shape index (κ1) is 22.3. The summed E-state index contributed by atoms with van der Waals surface area (Å²) in [5.74, 6) is -0.159. The second-order valence-corrected chi connectivity index (χ2v) is 8.42. The largest absolute Gasteiger partial charge is 0.416 e. The van der Waals surface area contributed by atoms with E-state index in [0.717, 1.165) is 18.6 Å². The van der Waals surface area contributed by atoms with Gasteiger partial charge in [0.25, 0.3) is 0 Å². The van der Waals surface area contributed by atoms with E-state index in [4.69, 9.17) is 5.73 Å². The molecular weight excluding hydrogens is 425 g/mol. The van der Waals surface area contributed by atoms with E-state index in [2.05, 4.69) is 20.6 Å². The van der Waals surface area contributed by atoms with Gasteiger partial charge in [-0.15, -0.1) is 0 Å². The minimum atomic E-state index is -4.50. The summed E-state index contributed by atoms with van der Waals surface area (Å²) >= 11 is 0. The molecule has 2 unspecified atom stereocenters. The van der Waals surface area contributed by atoms with Crippen molar-refractivity contribution in [2.45, 2.75) is 63.0 Å². The monoisotopic (exact) mass is 450 g/mol. The first-order valence-corrected chi connectivity index (χ1v) is 10.5. The van der Waals surface area contributed by atoms with Gasteiger partial charge in [-0.3, -0.25) is 9.59 Å². The summed E-state index contributed by atoms with van der Waals surface area (Å²) in [5, 5.41) is 6.13. The molecule has 2 amide bonds. The Morgan fingerprint density at radius 3 is 2.72 bits per heavy atom. The number of halogens is 3. The number of alkyl halides is 3. The number of benzene rings is 1. The Morgan fingerprint density at radius 2 is 2.00 bits per heavy atom. The van der Waals surface area contributed by atoms with Gasteiger partial charge < -0.3 is 21.3 Å². The average Bonchev–Trinajstić information content (AvgIpc) is 3.07. The number of likely N-dealkylation sites (tertiary alicyclic amines) is 1. The molecule has 0 radical (unpaired) electrons. The first-order chi connectivity index (χ1) is 15.1. The number of aromatic nitrogens is 2. The van der Waals surface area contributed by atoms with E-state index in [1.807, 2.05) is 0 Å². The predicted molar refractivity (Wildman–Crippen MR) is 111 cm³/mol. The van der Waals surface area contributed by atoms with E-state index in [1.54, 1.807) is 4.90 Å². The maximum absolute atomic E-state index is 13.2. The van der Waals surface area contributed by atoms with Gasteiger partial charge in [-0.2, -0.15) is 13.2 Å². The zero-order chi connectivity index (χ0) is 23.0. The van der Waals surface area contributed by atoms with Crippen LogP contribution in [0.3, 0.4) is 0 Å². The molecule has 1 saturated heterocycles. The molecule has 2 aliphatic rings. The summed E-state index contributed by atoms with van der Waals surface area (Å²) in [7, 11) is 0. The fourth-order valence-corrected chi connectivity index (χ4v) is 4.65. The Bertz CT molecular complexity index is 1030. The number of fused-ring (bicyclic) bond motifs is 1. The number of anilines is 1. The molecule has 1 aromatic carbocycles. The standard InChI is InChI=1S/C21H25F3N6O2/c1-11(31)28-17-9-13(25)3-5-18(17)30-7-6-16(20(30)32)29-19-14-8-12(21(22,23)24)2-4-15(14)26-10-27-19/h2,4,8,10,13,16-18H,3,5-7,9,25H2,1H3,(H,28,31)(H,26,27,29)/t13-,16?,17?,18+/m1/s1. The van der Waals surface area contributed by atoms with Gasteiger partial charge in [-0.25, -0.2) is 9.97 Å². The highest BCUT2D eigenvalue weighted by molar-refractivity contribution is 5.93. The van der Waals surface area contributed by atoms with Crippen LogP contribution in [-0.2, 0) is 15.8 Å². The smallest absolute Gasteiger partial charge is 0.358 e. The first-order valence-electron chi connectivity index (χ1n) is 10.5. The normalized spacial score (nSPS) is 26.4. The van der Waals surface area contributed by atoms with Crippen LogP contribution in [0.25, 0.3) is 10.9 Å². The molecule has 2 aromatic rings. The minimum Gasteiger partial charge on any atom is -0.358 e. The highest BCUT2D eigenvalue weighted by Crippen LogP contribution is 2.33. The third-order valence-electron chi connectivity index (χ3n) is 6.16. The Balaban J connectivity index is 1.55. The van der Waals surface area contributed by atoms with Gasteiger partial charge in [0, 0.05) is 24.9 Å². The van der Waals surface area contributed by atoms with Gasteiger partial charge in [0.1, 0.15) is 18.2 Å². The number of rotatable bonds is 4. The van der Waals surface area contributed by atoms with E-state index in [-0.39, 0.29) is 41.1 Å². The van der Waals surface area contributed by atoms with E-state index in [1.165, 1.54) is 19.3 Å². The molecule has 172 valence electrons. The number of hydrogen-bond donors (Lipinski definition) is 3. The van der Waals surface area contributed by atoms with Gasteiger partial charge in [0.2, 0.25) is 11.8 Å². The molecule has 8 nitrogen and oxygen atoms in total. The molecular formula is C21H25F3N6O2. The molecule has 4 atom stereocenters. The maximum Gasteiger partial charge on any atom is 0.416 e. The fraction of sp³-hybridized carbons (Fsp3) is 0.524. The number of nitrogens with zero attached hydrogens (tertiary/aromatic N) is 3. The van der Waals surface area contributed by atoms with E-state index >= 15 is 0 Å². The van der Waals surface area contributed by atoms with Crippen LogP contribution in [0.15, 0.2) is 24.5 Å². The van der Waals surface area contributed by atoms with Crippen LogP contribution in [0.2, 0.25) is 0 Å². The van der Waals surface area contributed by atoms with Crippen LogP contribution in [0.5, 0.6) is 0 Å². The predicted octanol–water partition coefficient (Wildman–Crippen LogP) is 2.05. The lowest BCUT2D eigenvalue weighted by Gasteiger charge is -2.40. The molecule has 2 fully saturated rings. The van der Waals surface area contributed by atoms with Gasteiger partial charge in [0.05, 0.1) is 23.2 Å². The van der Waals surface area contributed by atoms with Gasteiger partial charge in [-0.05, 0) is 43.9 Å². The summed E-state index contributed by atoms with van der Waals surface area (Å²) < 4.78 is 39.5. The van der Waals surface area contributed by atoms with Crippen LogP contribution in [-0.4, -0.2) is 57.4 Å². The molecule has 1 aliphatic heterocycles. The van der Waals surface area contributed by atoms with Gasteiger partial charge in [-0.1, -0.05) is 0 Å². The molecule has 4 rings (SSSR count). The number of amides is 2. The highest BCUT2D eigenvalue weighted by atomic mass is 19.4. The van der Waals surface area contributed by atoms with Crippen molar-refractivity contribution in [3.63, 3.8) is 0 Å². The quantitative estimate of drug-likeness (QED) is 0.657. The topological polar surface area (TPSA) is 113 Å². The SMILES string of the molecule is CC(=O)NC1C[C@H](N)CC[C@@H]1N1CCC(Nc2ncnc3ccc(C(F)(F)F)cc23)C1=O. The maximum atomic E-state index is 13.2. The molecule has 4 N–H and O–H groups in total. The Kier molecular flexibility index (Phi) is 5.93. The lowest BCUT2D eigenvalue weighted by atomic mass is 9.86. The highest BCUT2D eigenvalue weighted by Gasteiger charge is 2.41. The van der Waals surface area contributed by atoms with Crippen molar-refractivity contribution in [2.24, 2.45) is 5.73 Å². The summed E-state index contributed by atoms with van der Waals surface area (Å²) in [6.07, 6.45) is -0.761. The van der Waals surface area contributed by atoms with Crippen molar-refractivity contribution in [3.05, 3.63) is 30.1 Å². The molecule has 1 aromatic heterocycles. The van der Waals surface area contributed by atoms with Gasteiger partial charge in [0.15, 0.2) is 0 Å². The van der Waals surface area contributed by atoms with Crippen LogP contribution < -0.4 is 16.4 Å². The van der Waals surface area contributed by atoms with Crippen molar-refractivity contribution < 1.29 is 22.8 Å². The van der Waals surface area contributed by atoms with Crippen LogP contribution >= 0.6 is 0 Å². The summed E-state index contributed by atoms with van der Waals surface area (Å²) in [6, 6.07) is 2.19. The molecule has 2 heterocycles. The number of carbonyl (C=O) groups excluding carboxylic acids is 2. The third-order valence-corrected chi connectivity index (χ3v) is 6.16. The van der Waals surface area contributed by atoms with Crippen LogP contribution in [0.1, 0.15) is 38.2 Å². The van der Waals surface area contributed by atoms with Crippen molar-refractivity contribution >= 4 is 28.5 Å². The second-order valence-electron chi connectivity index (χ2n) is 8.42. The summed E-state index contributed by atoms with van der Waals surface area (Å²) in [5.41, 5.74) is 5.61. The summed E-state index contributed by atoms with van der Waals surface area (Å²) in [6.45, 7) is 1.91. The molecule has 1 saturated carbocycles. The number of hydrogen-bond acceptors (Lipinski definition) is 6. The van der Waals surface area contributed by atoms with Crippen molar-refractivity contribution in [1.82, 2.24) is 20.2 Å². The molecule has 1 aliphatic carbocycles. The number of nitrogens with one attached hydrogen (secondary N) is 2. The second kappa shape index (κ2) is 8.53. The van der Waals surface area contributed by atoms with Crippen molar-refractivity contribution in [3.8, 4) is 0 Å². The zero-order valence-electron chi connectivity index (χ0n) is 17.5. The number of nitrogens with two attached hydrogens (primary N) is 1.